The molecule has 0 radical (unpaired) electrons. The number of amides is 2. The van der Waals surface area contributed by atoms with Gasteiger partial charge in [-0.2, -0.15) is 8.78 Å². The van der Waals surface area contributed by atoms with Gasteiger partial charge >= 0.3 is 12.5 Å². The van der Waals surface area contributed by atoms with Crippen LogP contribution >= 0.6 is 0 Å². The second-order valence-electron chi connectivity index (χ2n) is 6.98. The molecule has 0 saturated carbocycles. The fraction of sp³-hybridized carbons (Fsp3) is 0.417. The van der Waals surface area contributed by atoms with E-state index in [1.54, 1.807) is 17.0 Å². The van der Waals surface area contributed by atoms with Crippen LogP contribution < -0.4 is 4.90 Å². The summed E-state index contributed by atoms with van der Waals surface area (Å²) in [6, 6.07) is 12.7. The van der Waals surface area contributed by atoms with E-state index in [2.05, 4.69) is 15.2 Å². The van der Waals surface area contributed by atoms with Crippen LogP contribution in [-0.2, 0) is 6.54 Å². The molecule has 0 atom stereocenters. The number of hydrogen-bond acceptors (Lipinski definition) is 5. The smallest absolute Gasteiger partial charge is 0.324 e. The Kier molecular flexibility index (Phi) is 10.4. The zero-order valence-corrected chi connectivity index (χ0v) is 19.5. The van der Waals surface area contributed by atoms with Crippen molar-refractivity contribution in [3.63, 3.8) is 0 Å². The molecule has 0 unspecified atom stereocenters. The summed E-state index contributed by atoms with van der Waals surface area (Å²) < 4.78 is 30.3. The monoisotopic (exact) mass is 459 g/mol. The van der Waals surface area contributed by atoms with Crippen LogP contribution in [0.2, 0.25) is 0 Å². The van der Waals surface area contributed by atoms with Gasteiger partial charge in [-0.15, -0.1) is 10.2 Å². The van der Waals surface area contributed by atoms with Gasteiger partial charge in [-0.25, -0.2) is 4.79 Å². The molecule has 0 aliphatic carbocycles. The van der Waals surface area contributed by atoms with Crippen molar-refractivity contribution in [3.8, 4) is 11.5 Å². The fourth-order valence-corrected chi connectivity index (χ4v) is 3.14. The molecule has 9 heteroatoms. The molecule has 0 saturated heterocycles. The Morgan fingerprint density at radius 1 is 1.00 bits per heavy atom. The number of carbonyl (C=O) groups excluding carboxylic acids is 1. The van der Waals surface area contributed by atoms with Gasteiger partial charge in [0.05, 0.1) is 17.8 Å². The van der Waals surface area contributed by atoms with Crippen LogP contribution in [0.25, 0.3) is 11.5 Å². The number of rotatable bonds is 9. The van der Waals surface area contributed by atoms with Crippen molar-refractivity contribution in [3.05, 3.63) is 60.2 Å². The first-order valence-corrected chi connectivity index (χ1v) is 11.2. The van der Waals surface area contributed by atoms with Crippen LogP contribution in [0.5, 0.6) is 0 Å². The minimum absolute atomic E-state index is 0.0255. The minimum Gasteiger partial charge on any atom is -0.415 e. The number of nitrogens with zero attached hydrogens (tertiary/aromatic N) is 5. The molecule has 2 amide bonds. The molecule has 3 aromatic rings. The van der Waals surface area contributed by atoms with Crippen LogP contribution in [0.1, 0.15) is 58.5 Å². The standard InChI is InChI=1S/C22H25F2N5O2.C2H6/c1-3-12-28(13-4-2)22(30)29(18-8-6-5-7-9-18)15-17-11-10-16(14-25-17)20-26-27-21(31-20)19(23)24;1-2/h5-11,14,19H,3-4,12-13,15H2,1-2H3;1-2H3. The SMILES string of the molecule is CC.CCCN(CCC)C(=O)N(Cc1ccc(-c2nnc(C(F)F)o2)cn1)c1ccccc1. The maximum Gasteiger partial charge on any atom is 0.324 e. The van der Waals surface area contributed by atoms with E-state index < -0.39 is 12.3 Å². The van der Waals surface area contributed by atoms with Gasteiger partial charge in [-0.05, 0) is 37.1 Å². The topological polar surface area (TPSA) is 75.4 Å². The van der Waals surface area contributed by atoms with Crippen LogP contribution in [0.3, 0.4) is 0 Å². The number of aromatic nitrogens is 3. The molecule has 0 bridgehead atoms. The Morgan fingerprint density at radius 3 is 2.18 bits per heavy atom. The lowest BCUT2D eigenvalue weighted by Crippen LogP contribution is -2.44. The van der Waals surface area contributed by atoms with Gasteiger partial charge in [-0.3, -0.25) is 9.88 Å². The molecule has 7 nitrogen and oxygen atoms in total. The molecule has 3 rings (SSSR count). The van der Waals surface area contributed by atoms with E-state index >= 15 is 0 Å². The van der Waals surface area contributed by atoms with E-state index in [1.807, 2.05) is 62.9 Å². The summed E-state index contributed by atoms with van der Waals surface area (Å²) >= 11 is 0. The van der Waals surface area contributed by atoms with E-state index in [4.69, 9.17) is 4.42 Å². The van der Waals surface area contributed by atoms with Gasteiger partial charge in [0.2, 0.25) is 5.89 Å². The van der Waals surface area contributed by atoms with E-state index in [9.17, 15) is 13.6 Å². The van der Waals surface area contributed by atoms with Crippen molar-refractivity contribution in [1.29, 1.82) is 0 Å². The third-order valence-corrected chi connectivity index (χ3v) is 4.58. The van der Waals surface area contributed by atoms with Gasteiger partial charge in [0.1, 0.15) is 0 Å². The molecule has 1 aromatic carbocycles. The number of hydrogen-bond donors (Lipinski definition) is 0. The number of urea groups is 1. The van der Waals surface area contributed by atoms with Crippen molar-refractivity contribution >= 4 is 11.7 Å². The normalized spacial score (nSPS) is 10.5. The van der Waals surface area contributed by atoms with Crippen LogP contribution in [0, 0.1) is 0 Å². The van der Waals surface area contributed by atoms with Crippen LogP contribution in [-0.4, -0.2) is 39.2 Å². The third-order valence-electron chi connectivity index (χ3n) is 4.58. The lowest BCUT2D eigenvalue weighted by Gasteiger charge is -2.30. The van der Waals surface area contributed by atoms with Crippen molar-refractivity contribution < 1.29 is 18.0 Å². The van der Waals surface area contributed by atoms with Gasteiger partial charge in [0.25, 0.3) is 5.89 Å². The lowest BCUT2D eigenvalue weighted by atomic mass is 10.2. The average Bonchev–Trinajstić information content (AvgIpc) is 3.35. The first-order valence-electron chi connectivity index (χ1n) is 11.2. The van der Waals surface area contributed by atoms with Crippen molar-refractivity contribution in [2.75, 3.05) is 18.0 Å². The number of pyridine rings is 1. The predicted molar refractivity (Wildman–Crippen MR) is 124 cm³/mol. The van der Waals surface area contributed by atoms with Crippen molar-refractivity contribution in [1.82, 2.24) is 20.1 Å². The predicted octanol–water partition coefficient (Wildman–Crippen LogP) is 6.34. The number of anilines is 1. The fourth-order valence-electron chi connectivity index (χ4n) is 3.14. The number of carbonyl (C=O) groups is 1. The highest BCUT2D eigenvalue weighted by Gasteiger charge is 2.22. The molecule has 178 valence electrons. The molecular formula is C24H31F2N5O2. The summed E-state index contributed by atoms with van der Waals surface area (Å²) in [5.74, 6) is -0.755. The largest absolute Gasteiger partial charge is 0.415 e. The van der Waals surface area contributed by atoms with Gasteiger partial charge in [0, 0.05) is 25.0 Å². The number of benzene rings is 1. The highest BCUT2D eigenvalue weighted by atomic mass is 19.3. The van der Waals surface area contributed by atoms with Gasteiger partial charge in [0.15, 0.2) is 0 Å². The maximum atomic E-state index is 13.3. The lowest BCUT2D eigenvalue weighted by molar-refractivity contribution is 0.116. The number of para-hydroxylation sites is 1. The summed E-state index contributed by atoms with van der Waals surface area (Å²) in [6.07, 6.45) is 0.382. The van der Waals surface area contributed by atoms with E-state index in [0.29, 0.717) is 24.3 Å². The Bertz CT molecular complexity index is 959. The molecule has 0 fully saturated rings. The highest BCUT2D eigenvalue weighted by Crippen LogP contribution is 2.24. The van der Waals surface area contributed by atoms with E-state index in [-0.39, 0.29) is 18.5 Å². The quantitative estimate of drug-likeness (QED) is 0.373. The maximum absolute atomic E-state index is 13.3. The average molecular weight is 460 g/mol. The highest BCUT2D eigenvalue weighted by molar-refractivity contribution is 5.91. The van der Waals surface area contributed by atoms with Crippen LogP contribution in [0.4, 0.5) is 19.3 Å². The zero-order valence-electron chi connectivity index (χ0n) is 19.5. The van der Waals surface area contributed by atoms with Gasteiger partial charge in [-0.1, -0.05) is 45.9 Å². The molecule has 2 heterocycles. The Labute approximate surface area is 193 Å². The first kappa shape index (κ1) is 25.9. The van der Waals surface area contributed by atoms with Crippen molar-refractivity contribution in [2.45, 2.75) is 53.5 Å². The summed E-state index contributed by atoms with van der Waals surface area (Å²) in [5, 5.41) is 6.96. The Hall–Kier alpha value is -3.36. The summed E-state index contributed by atoms with van der Waals surface area (Å²) in [4.78, 5) is 21.2. The molecule has 33 heavy (non-hydrogen) atoms. The van der Waals surface area contributed by atoms with Gasteiger partial charge < -0.3 is 9.32 Å². The summed E-state index contributed by atoms with van der Waals surface area (Å²) in [6.45, 7) is 9.69. The molecule has 0 aliphatic rings. The number of halogens is 2. The number of alkyl halides is 2. The summed E-state index contributed by atoms with van der Waals surface area (Å²) in [5.41, 5.74) is 1.84. The molecule has 0 N–H and O–H groups in total. The Balaban J connectivity index is 0.00000187. The second-order valence-corrected chi connectivity index (χ2v) is 6.98. The first-order chi connectivity index (χ1) is 16.0. The van der Waals surface area contributed by atoms with Crippen molar-refractivity contribution in [2.24, 2.45) is 0 Å². The Morgan fingerprint density at radius 2 is 1.67 bits per heavy atom. The molecule has 0 spiro atoms. The zero-order chi connectivity index (χ0) is 24.2. The van der Waals surface area contributed by atoms with E-state index in [0.717, 1.165) is 18.5 Å². The van der Waals surface area contributed by atoms with Crippen LogP contribution in [0.15, 0.2) is 53.1 Å². The minimum atomic E-state index is -2.83. The third kappa shape index (κ3) is 7.06. The molecular weight excluding hydrogens is 428 g/mol. The second kappa shape index (κ2) is 13.2. The molecule has 2 aromatic heterocycles. The summed E-state index contributed by atoms with van der Waals surface area (Å²) in [7, 11) is 0. The molecule has 0 aliphatic heterocycles. The van der Waals surface area contributed by atoms with E-state index in [1.165, 1.54) is 6.20 Å².